The maximum Gasteiger partial charge on any atom is 0.343 e. The Hall–Kier alpha value is -2.71. The molecule has 1 aliphatic heterocycles. The quantitative estimate of drug-likeness (QED) is 0.291. The number of aliphatic hydroxyl groups is 2. The number of cyclic esters (lactones) is 1. The van der Waals surface area contributed by atoms with Gasteiger partial charge in [0.15, 0.2) is 6.10 Å². The molecule has 0 saturated carbocycles. The number of esters is 2. The lowest BCUT2D eigenvalue weighted by atomic mass is 10.0. The van der Waals surface area contributed by atoms with Gasteiger partial charge in [-0.05, 0) is 36.1 Å². The van der Waals surface area contributed by atoms with E-state index in [1.807, 2.05) is 0 Å². The van der Waals surface area contributed by atoms with Gasteiger partial charge in [0.2, 0.25) is 11.9 Å². The van der Waals surface area contributed by atoms with Gasteiger partial charge in [-0.2, -0.15) is 0 Å². The van der Waals surface area contributed by atoms with E-state index in [-0.39, 0.29) is 6.61 Å². The van der Waals surface area contributed by atoms with Crippen LogP contribution in [0.2, 0.25) is 0 Å². The molecule has 1 aromatic rings. The van der Waals surface area contributed by atoms with Crippen LogP contribution in [0.15, 0.2) is 30.3 Å². The van der Waals surface area contributed by atoms with Crippen LogP contribution >= 0.6 is 0 Å². The van der Waals surface area contributed by atoms with E-state index in [0.717, 1.165) is 31.2 Å². The number of benzene rings is 1. The van der Waals surface area contributed by atoms with Crippen LogP contribution in [0, 0.1) is 5.92 Å². The van der Waals surface area contributed by atoms with Crippen LogP contribution in [-0.2, 0) is 23.9 Å². The predicted molar refractivity (Wildman–Crippen MR) is 112 cm³/mol. The Labute approximate surface area is 181 Å². The Morgan fingerprint density at radius 2 is 1.90 bits per heavy atom. The summed E-state index contributed by atoms with van der Waals surface area (Å²) in [6.45, 7) is 4.35. The Balaban J connectivity index is 1.77. The van der Waals surface area contributed by atoms with Crippen molar-refractivity contribution in [2.45, 2.75) is 57.8 Å². The van der Waals surface area contributed by atoms with Gasteiger partial charge in [-0.3, -0.25) is 4.79 Å². The van der Waals surface area contributed by atoms with Crippen molar-refractivity contribution in [3.05, 3.63) is 35.9 Å². The van der Waals surface area contributed by atoms with Crippen LogP contribution in [0.4, 0.5) is 0 Å². The summed E-state index contributed by atoms with van der Waals surface area (Å²) in [5.41, 5.74) is 0.755. The van der Waals surface area contributed by atoms with Crippen LogP contribution in [0.5, 0.6) is 5.75 Å². The first kappa shape index (κ1) is 24.6. The van der Waals surface area contributed by atoms with Crippen molar-refractivity contribution in [1.29, 1.82) is 0 Å². The lowest BCUT2D eigenvalue weighted by Crippen LogP contribution is -2.38. The molecule has 170 valence electrons. The highest BCUT2D eigenvalue weighted by molar-refractivity contribution is 6.09. The number of hydrogen-bond donors (Lipinski definition) is 2. The number of carbonyl (C=O) groups is 3. The molecule has 0 radical (unpaired) electrons. The number of ketones is 1. The van der Waals surface area contributed by atoms with Gasteiger partial charge in [0.25, 0.3) is 0 Å². The average molecular weight is 434 g/mol. The minimum atomic E-state index is -1.86. The maximum atomic E-state index is 11.9. The Morgan fingerprint density at radius 3 is 2.48 bits per heavy atom. The summed E-state index contributed by atoms with van der Waals surface area (Å²) in [5, 5.41) is 19.3. The van der Waals surface area contributed by atoms with Gasteiger partial charge in [-0.25, -0.2) is 9.59 Å². The molecule has 2 N–H and O–H groups in total. The molecule has 8 nitrogen and oxygen atoms in total. The average Bonchev–Trinajstić information content (AvgIpc) is 3.04. The molecular weight excluding hydrogens is 404 g/mol. The fourth-order valence-corrected chi connectivity index (χ4v) is 3.04. The monoisotopic (exact) mass is 434 g/mol. The minimum absolute atomic E-state index is 0.297. The highest BCUT2D eigenvalue weighted by atomic mass is 16.6. The summed E-state index contributed by atoms with van der Waals surface area (Å²) in [6.07, 6.45) is 2.59. The SMILES string of the molecule is CCCCC(CC)COC(=O)C=Cc1ccc(OC[C@@H](O)[C@H]2OC(=O)C(O)C2=O)cc1. The number of hydrogen-bond acceptors (Lipinski definition) is 8. The van der Waals surface area contributed by atoms with Crippen molar-refractivity contribution >= 4 is 23.8 Å². The summed E-state index contributed by atoms with van der Waals surface area (Å²) in [7, 11) is 0. The summed E-state index contributed by atoms with van der Waals surface area (Å²) in [6, 6.07) is 6.69. The molecule has 1 aromatic carbocycles. The second-order valence-electron chi connectivity index (χ2n) is 7.49. The van der Waals surface area contributed by atoms with Gasteiger partial charge >= 0.3 is 11.9 Å². The van der Waals surface area contributed by atoms with E-state index in [1.165, 1.54) is 6.08 Å². The zero-order valence-electron chi connectivity index (χ0n) is 17.9. The van der Waals surface area contributed by atoms with Gasteiger partial charge in [0.05, 0.1) is 6.61 Å². The molecule has 31 heavy (non-hydrogen) atoms. The Kier molecular flexibility index (Phi) is 9.68. The van der Waals surface area contributed by atoms with E-state index in [0.29, 0.717) is 18.3 Å². The molecular formula is C23H30O8. The molecule has 0 spiro atoms. The molecule has 0 bridgehead atoms. The van der Waals surface area contributed by atoms with E-state index < -0.39 is 36.0 Å². The van der Waals surface area contributed by atoms with E-state index in [2.05, 4.69) is 18.6 Å². The first-order valence-electron chi connectivity index (χ1n) is 10.5. The van der Waals surface area contributed by atoms with Gasteiger partial charge < -0.3 is 24.4 Å². The first-order chi connectivity index (χ1) is 14.8. The number of ether oxygens (including phenoxy) is 3. The second kappa shape index (κ2) is 12.2. The van der Waals surface area contributed by atoms with Gasteiger partial charge in [-0.1, -0.05) is 45.2 Å². The van der Waals surface area contributed by atoms with E-state index >= 15 is 0 Å². The van der Waals surface area contributed by atoms with Crippen molar-refractivity contribution in [2.24, 2.45) is 5.92 Å². The number of aliphatic hydroxyl groups excluding tert-OH is 2. The summed E-state index contributed by atoms with van der Waals surface area (Å²) in [4.78, 5) is 34.7. The van der Waals surface area contributed by atoms with Crippen molar-refractivity contribution < 1.29 is 38.8 Å². The smallest absolute Gasteiger partial charge is 0.343 e. The van der Waals surface area contributed by atoms with E-state index in [9.17, 15) is 24.6 Å². The topological polar surface area (TPSA) is 119 Å². The van der Waals surface area contributed by atoms with Crippen molar-refractivity contribution in [2.75, 3.05) is 13.2 Å². The van der Waals surface area contributed by atoms with Crippen LogP contribution in [0.1, 0.15) is 45.1 Å². The van der Waals surface area contributed by atoms with Gasteiger partial charge in [0, 0.05) is 6.08 Å². The standard InChI is InChI=1S/C23H30O8/c1-3-5-6-15(4-2)13-30-19(25)12-9-16-7-10-17(11-8-16)29-14-18(24)22-20(26)21(27)23(28)31-22/h7-12,15,18,21-22,24,27H,3-6,13-14H2,1-2H3/t15?,18-,21?,22-/m1/s1. The Morgan fingerprint density at radius 1 is 1.19 bits per heavy atom. The van der Waals surface area contributed by atoms with Gasteiger partial charge in [-0.15, -0.1) is 0 Å². The third-order valence-electron chi connectivity index (χ3n) is 5.08. The lowest BCUT2D eigenvalue weighted by molar-refractivity contribution is -0.151. The predicted octanol–water partition coefficient (Wildman–Crippen LogP) is 2.05. The molecule has 2 rings (SSSR count). The summed E-state index contributed by atoms with van der Waals surface area (Å²) in [5.74, 6) is -1.55. The van der Waals surface area contributed by atoms with Crippen molar-refractivity contribution in [1.82, 2.24) is 0 Å². The second-order valence-corrected chi connectivity index (χ2v) is 7.49. The number of rotatable bonds is 12. The molecule has 1 saturated heterocycles. The molecule has 4 atom stereocenters. The van der Waals surface area contributed by atoms with Crippen LogP contribution in [0.3, 0.4) is 0 Å². The summed E-state index contributed by atoms with van der Waals surface area (Å²) < 4.78 is 15.4. The highest BCUT2D eigenvalue weighted by Gasteiger charge is 2.46. The Bertz CT molecular complexity index is 770. The third kappa shape index (κ3) is 7.48. The molecule has 0 aromatic heterocycles. The van der Waals surface area contributed by atoms with E-state index in [1.54, 1.807) is 30.3 Å². The summed E-state index contributed by atoms with van der Waals surface area (Å²) >= 11 is 0. The molecule has 2 unspecified atom stereocenters. The molecule has 8 heteroatoms. The fourth-order valence-electron chi connectivity index (χ4n) is 3.04. The molecule has 1 aliphatic rings. The minimum Gasteiger partial charge on any atom is -0.491 e. The van der Waals surface area contributed by atoms with Crippen LogP contribution < -0.4 is 4.74 Å². The third-order valence-corrected chi connectivity index (χ3v) is 5.08. The molecule has 1 heterocycles. The lowest BCUT2D eigenvalue weighted by Gasteiger charge is -2.16. The first-order valence-corrected chi connectivity index (χ1v) is 10.5. The normalized spacial score (nSPS) is 20.5. The number of carbonyl (C=O) groups excluding carboxylic acids is 3. The van der Waals surface area contributed by atoms with E-state index in [4.69, 9.17) is 9.47 Å². The van der Waals surface area contributed by atoms with Crippen LogP contribution in [-0.4, -0.2) is 59.5 Å². The molecule has 0 aliphatic carbocycles. The zero-order chi connectivity index (χ0) is 22.8. The number of Topliss-reactive ketones (excluding diaryl/α,β-unsaturated/α-hetero) is 1. The van der Waals surface area contributed by atoms with Crippen molar-refractivity contribution in [3.8, 4) is 5.75 Å². The maximum absolute atomic E-state index is 11.9. The van der Waals surface area contributed by atoms with Gasteiger partial charge in [0.1, 0.15) is 18.5 Å². The largest absolute Gasteiger partial charge is 0.491 e. The molecule has 0 amide bonds. The highest BCUT2D eigenvalue weighted by Crippen LogP contribution is 2.18. The zero-order valence-corrected chi connectivity index (χ0v) is 17.9. The molecule has 1 fully saturated rings. The van der Waals surface area contributed by atoms with Crippen LogP contribution in [0.25, 0.3) is 6.08 Å². The van der Waals surface area contributed by atoms with Crippen molar-refractivity contribution in [3.63, 3.8) is 0 Å². The number of unbranched alkanes of at least 4 members (excludes halogenated alkanes) is 1. The fraction of sp³-hybridized carbons (Fsp3) is 0.522.